The molecule has 0 N–H and O–H groups in total. The Morgan fingerprint density at radius 2 is 2.27 bits per heavy atom. The fourth-order valence-corrected chi connectivity index (χ4v) is 2.19. The molecule has 1 saturated carbocycles. The van der Waals surface area contributed by atoms with Crippen LogP contribution in [0.2, 0.25) is 0 Å². The van der Waals surface area contributed by atoms with E-state index < -0.39 is 0 Å². The lowest BCUT2D eigenvalue weighted by Gasteiger charge is -2.11. The summed E-state index contributed by atoms with van der Waals surface area (Å²) in [6, 6.07) is 5.90. The molecule has 0 amide bonds. The number of halogens is 1. The molecule has 0 heterocycles. The van der Waals surface area contributed by atoms with Gasteiger partial charge in [-0.25, -0.2) is 0 Å². The Morgan fingerprint density at radius 1 is 1.53 bits per heavy atom. The molecule has 0 saturated heterocycles. The van der Waals surface area contributed by atoms with Gasteiger partial charge in [0.15, 0.2) is 0 Å². The molecule has 80 valence electrons. The number of carbonyl (C=O) groups excluding carboxylic acids is 1. The molecule has 0 aliphatic heterocycles. The van der Waals surface area contributed by atoms with Crippen LogP contribution in [0.3, 0.4) is 0 Å². The van der Waals surface area contributed by atoms with Crippen molar-refractivity contribution in [2.75, 3.05) is 6.61 Å². The Balaban J connectivity index is 2.29. The van der Waals surface area contributed by atoms with Crippen molar-refractivity contribution in [3.8, 4) is 5.75 Å². The van der Waals surface area contributed by atoms with Crippen LogP contribution in [0.25, 0.3) is 0 Å². The molecule has 0 radical (unpaired) electrons. The molecule has 1 aromatic rings. The highest BCUT2D eigenvalue weighted by Crippen LogP contribution is 2.47. The summed E-state index contributed by atoms with van der Waals surface area (Å²) in [6.07, 6.45) is 3.00. The molecule has 15 heavy (non-hydrogen) atoms. The highest BCUT2D eigenvalue weighted by atomic mass is 79.9. The van der Waals surface area contributed by atoms with Crippen molar-refractivity contribution in [2.45, 2.75) is 25.2 Å². The van der Waals surface area contributed by atoms with Gasteiger partial charge in [0.05, 0.1) is 16.5 Å². The molecule has 2 nitrogen and oxygen atoms in total. The average Bonchev–Trinajstić information content (AvgIpc) is 3.02. The van der Waals surface area contributed by atoms with Crippen LogP contribution in [0.1, 0.15) is 25.3 Å². The second-order valence-corrected chi connectivity index (χ2v) is 4.71. The van der Waals surface area contributed by atoms with E-state index in [0.717, 1.165) is 34.9 Å². The maximum Gasteiger partial charge on any atom is 0.133 e. The van der Waals surface area contributed by atoms with Crippen LogP contribution >= 0.6 is 15.9 Å². The zero-order chi connectivity index (χ0) is 10.9. The second-order valence-electron chi connectivity index (χ2n) is 3.85. The predicted octanol–water partition coefficient (Wildman–Crippen LogP) is 3.08. The van der Waals surface area contributed by atoms with Crippen LogP contribution < -0.4 is 4.74 Å². The van der Waals surface area contributed by atoms with Crippen LogP contribution in [0.4, 0.5) is 0 Å². The van der Waals surface area contributed by atoms with Crippen molar-refractivity contribution < 1.29 is 9.53 Å². The minimum atomic E-state index is -0.201. The Bertz CT molecular complexity index is 383. The number of carbonyl (C=O) groups is 1. The van der Waals surface area contributed by atoms with Gasteiger partial charge < -0.3 is 9.53 Å². The first-order valence-electron chi connectivity index (χ1n) is 5.11. The third-order valence-electron chi connectivity index (χ3n) is 2.82. The molecule has 0 spiro atoms. The van der Waals surface area contributed by atoms with Gasteiger partial charge in [0, 0.05) is 0 Å². The van der Waals surface area contributed by atoms with Crippen LogP contribution in [-0.2, 0) is 10.2 Å². The van der Waals surface area contributed by atoms with Gasteiger partial charge in [-0.05, 0) is 53.4 Å². The fraction of sp³-hybridized carbons (Fsp3) is 0.417. The second kappa shape index (κ2) is 3.97. The number of hydrogen-bond acceptors (Lipinski definition) is 2. The normalized spacial score (nSPS) is 17.2. The lowest BCUT2D eigenvalue weighted by molar-refractivity contribution is -0.109. The zero-order valence-electron chi connectivity index (χ0n) is 8.63. The lowest BCUT2D eigenvalue weighted by atomic mass is 9.98. The number of ether oxygens (including phenoxy) is 1. The molecule has 0 aromatic heterocycles. The number of hydrogen-bond donors (Lipinski definition) is 0. The van der Waals surface area contributed by atoms with E-state index in [9.17, 15) is 4.79 Å². The van der Waals surface area contributed by atoms with Gasteiger partial charge in [0.25, 0.3) is 0 Å². The molecule has 3 heteroatoms. The van der Waals surface area contributed by atoms with E-state index in [4.69, 9.17) is 4.74 Å². The third-order valence-corrected chi connectivity index (χ3v) is 3.44. The van der Waals surface area contributed by atoms with E-state index >= 15 is 0 Å². The molecule has 1 aliphatic carbocycles. The van der Waals surface area contributed by atoms with E-state index in [1.165, 1.54) is 0 Å². The first-order chi connectivity index (χ1) is 7.22. The molecule has 0 bridgehead atoms. The Kier molecular flexibility index (Phi) is 2.83. The van der Waals surface area contributed by atoms with Crippen molar-refractivity contribution >= 4 is 22.2 Å². The molecule has 1 aliphatic rings. The summed E-state index contributed by atoms with van der Waals surface area (Å²) in [6.45, 7) is 2.60. The number of benzene rings is 1. The maximum atomic E-state index is 11.0. The summed E-state index contributed by atoms with van der Waals surface area (Å²) < 4.78 is 6.35. The van der Waals surface area contributed by atoms with Crippen molar-refractivity contribution in [1.29, 1.82) is 0 Å². The molecular formula is C12H13BrO2. The molecule has 0 atom stereocenters. The highest BCUT2D eigenvalue weighted by Gasteiger charge is 2.44. The minimum Gasteiger partial charge on any atom is -0.493 e. The lowest BCUT2D eigenvalue weighted by Crippen LogP contribution is -2.07. The van der Waals surface area contributed by atoms with Gasteiger partial charge in [-0.1, -0.05) is 6.07 Å². The van der Waals surface area contributed by atoms with E-state index in [1.54, 1.807) is 0 Å². The zero-order valence-corrected chi connectivity index (χ0v) is 10.2. The van der Waals surface area contributed by atoms with Gasteiger partial charge in [-0.3, -0.25) is 0 Å². The topological polar surface area (TPSA) is 26.3 Å². The van der Waals surface area contributed by atoms with E-state index in [0.29, 0.717) is 6.61 Å². The standard InChI is InChI=1S/C12H13BrO2/c1-2-15-11-4-3-9(7-10(11)13)12(8-14)5-6-12/h3-4,7-8H,2,5-6H2,1H3. The summed E-state index contributed by atoms with van der Waals surface area (Å²) in [5.41, 5.74) is 0.889. The highest BCUT2D eigenvalue weighted by molar-refractivity contribution is 9.10. The summed E-state index contributed by atoms with van der Waals surface area (Å²) in [4.78, 5) is 11.0. The van der Waals surface area contributed by atoms with Crippen molar-refractivity contribution in [2.24, 2.45) is 0 Å². The van der Waals surface area contributed by atoms with Crippen LogP contribution in [0.15, 0.2) is 22.7 Å². The number of rotatable bonds is 4. The predicted molar refractivity (Wildman–Crippen MR) is 62.3 cm³/mol. The molecule has 1 fully saturated rings. The van der Waals surface area contributed by atoms with Crippen LogP contribution in [-0.4, -0.2) is 12.9 Å². The Hall–Kier alpha value is -0.830. The van der Waals surface area contributed by atoms with E-state index in [2.05, 4.69) is 15.9 Å². The van der Waals surface area contributed by atoms with Gasteiger partial charge in [-0.15, -0.1) is 0 Å². The Morgan fingerprint density at radius 3 is 2.73 bits per heavy atom. The summed E-state index contributed by atoms with van der Waals surface area (Å²) in [7, 11) is 0. The fourth-order valence-electron chi connectivity index (χ4n) is 1.69. The average molecular weight is 269 g/mol. The first-order valence-corrected chi connectivity index (χ1v) is 5.90. The molecule has 0 unspecified atom stereocenters. The quantitative estimate of drug-likeness (QED) is 0.785. The van der Waals surface area contributed by atoms with Crippen LogP contribution in [0.5, 0.6) is 5.75 Å². The van der Waals surface area contributed by atoms with Gasteiger partial charge in [0.1, 0.15) is 12.0 Å². The van der Waals surface area contributed by atoms with E-state index in [1.807, 2.05) is 25.1 Å². The third kappa shape index (κ3) is 1.93. The largest absolute Gasteiger partial charge is 0.493 e. The van der Waals surface area contributed by atoms with Crippen molar-refractivity contribution in [3.63, 3.8) is 0 Å². The molecule has 1 aromatic carbocycles. The van der Waals surface area contributed by atoms with Crippen molar-refractivity contribution in [1.82, 2.24) is 0 Å². The monoisotopic (exact) mass is 268 g/mol. The smallest absolute Gasteiger partial charge is 0.133 e. The maximum absolute atomic E-state index is 11.0. The minimum absolute atomic E-state index is 0.201. The van der Waals surface area contributed by atoms with Gasteiger partial charge in [0.2, 0.25) is 0 Å². The van der Waals surface area contributed by atoms with E-state index in [-0.39, 0.29) is 5.41 Å². The van der Waals surface area contributed by atoms with Crippen LogP contribution in [0, 0.1) is 0 Å². The summed E-state index contributed by atoms with van der Waals surface area (Å²) >= 11 is 3.46. The SMILES string of the molecule is CCOc1ccc(C2(C=O)CC2)cc1Br. The summed E-state index contributed by atoms with van der Waals surface area (Å²) in [5, 5.41) is 0. The molecule has 2 rings (SSSR count). The summed E-state index contributed by atoms with van der Waals surface area (Å²) in [5.74, 6) is 0.836. The van der Waals surface area contributed by atoms with Gasteiger partial charge >= 0.3 is 0 Å². The Labute approximate surface area is 97.8 Å². The molecular weight excluding hydrogens is 256 g/mol. The van der Waals surface area contributed by atoms with Gasteiger partial charge in [-0.2, -0.15) is 0 Å². The first kappa shape index (κ1) is 10.7. The van der Waals surface area contributed by atoms with Crippen molar-refractivity contribution in [3.05, 3.63) is 28.2 Å². The number of aldehydes is 1.